The molecule has 0 radical (unpaired) electrons. The Morgan fingerprint density at radius 2 is 1.91 bits per heavy atom. The maximum Gasteiger partial charge on any atom is 0.309 e. The van der Waals surface area contributed by atoms with E-state index in [2.05, 4.69) is 37.9 Å². The molecule has 0 atom stereocenters. The van der Waals surface area contributed by atoms with Gasteiger partial charge in [0, 0.05) is 26.2 Å². The van der Waals surface area contributed by atoms with Crippen LogP contribution in [0.15, 0.2) is 4.99 Å². The van der Waals surface area contributed by atoms with Gasteiger partial charge in [0.15, 0.2) is 5.96 Å². The first-order valence-corrected chi connectivity index (χ1v) is 9.07. The van der Waals surface area contributed by atoms with Crippen LogP contribution >= 0.6 is 0 Å². The first kappa shape index (κ1) is 19.8. The molecule has 0 amide bonds. The summed E-state index contributed by atoms with van der Waals surface area (Å²) in [5, 5.41) is 3.38. The molecule has 1 aliphatic heterocycles. The first-order valence-electron chi connectivity index (χ1n) is 9.07. The number of guanidine groups is 1. The summed E-state index contributed by atoms with van der Waals surface area (Å²) in [6.45, 7) is 14.7. The quantitative estimate of drug-likeness (QED) is 0.353. The Labute approximate surface area is 141 Å². The van der Waals surface area contributed by atoms with Gasteiger partial charge < -0.3 is 15.0 Å². The average Bonchev–Trinajstić information content (AvgIpc) is 2.50. The molecule has 1 saturated heterocycles. The molecule has 1 N–H and O–H groups in total. The van der Waals surface area contributed by atoms with Crippen molar-refractivity contribution >= 4 is 11.9 Å². The molecule has 1 heterocycles. The Balaban J connectivity index is 2.47. The van der Waals surface area contributed by atoms with E-state index in [1.807, 2.05) is 6.92 Å². The minimum atomic E-state index is -0.0423. The smallest absolute Gasteiger partial charge is 0.309 e. The zero-order valence-electron chi connectivity index (χ0n) is 15.7. The highest BCUT2D eigenvalue weighted by Crippen LogP contribution is 2.21. The second kappa shape index (κ2) is 9.78. The zero-order chi connectivity index (χ0) is 17.3. The van der Waals surface area contributed by atoms with Gasteiger partial charge in [0.05, 0.1) is 12.5 Å². The lowest BCUT2D eigenvalue weighted by Gasteiger charge is -2.33. The van der Waals surface area contributed by atoms with E-state index in [4.69, 9.17) is 9.73 Å². The fourth-order valence-electron chi connectivity index (χ4n) is 2.81. The van der Waals surface area contributed by atoms with Gasteiger partial charge in [-0.2, -0.15) is 0 Å². The van der Waals surface area contributed by atoms with Crippen molar-refractivity contribution < 1.29 is 9.53 Å². The van der Waals surface area contributed by atoms with Gasteiger partial charge in [-0.05, 0) is 44.9 Å². The lowest BCUT2D eigenvalue weighted by Crippen LogP contribution is -2.46. The molecular weight excluding hydrogens is 290 g/mol. The molecule has 5 heteroatoms. The van der Waals surface area contributed by atoms with Crippen molar-refractivity contribution in [3.63, 3.8) is 0 Å². The van der Waals surface area contributed by atoms with Crippen LogP contribution in [0.1, 0.15) is 60.3 Å². The first-order chi connectivity index (χ1) is 10.9. The maximum absolute atomic E-state index is 11.8. The Hall–Kier alpha value is -1.26. The van der Waals surface area contributed by atoms with Crippen LogP contribution in [0.4, 0.5) is 0 Å². The van der Waals surface area contributed by atoms with Crippen molar-refractivity contribution in [1.29, 1.82) is 0 Å². The third-order valence-corrected chi connectivity index (χ3v) is 4.10. The number of nitrogens with one attached hydrogen (secondary N) is 1. The molecule has 1 rings (SSSR count). The number of hydrogen-bond acceptors (Lipinski definition) is 3. The zero-order valence-corrected chi connectivity index (χ0v) is 15.7. The van der Waals surface area contributed by atoms with Crippen LogP contribution in [0.3, 0.4) is 0 Å². The third-order valence-electron chi connectivity index (χ3n) is 4.10. The number of likely N-dealkylation sites (tertiary alicyclic amines) is 1. The lowest BCUT2D eigenvalue weighted by molar-refractivity contribution is -0.149. The van der Waals surface area contributed by atoms with Gasteiger partial charge in [0.2, 0.25) is 0 Å². The van der Waals surface area contributed by atoms with E-state index in [9.17, 15) is 4.79 Å². The molecule has 1 fully saturated rings. The van der Waals surface area contributed by atoms with E-state index < -0.39 is 0 Å². The van der Waals surface area contributed by atoms with Gasteiger partial charge >= 0.3 is 5.97 Å². The Kier molecular flexibility index (Phi) is 8.42. The van der Waals surface area contributed by atoms with Crippen molar-refractivity contribution in [1.82, 2.24) is 10.2 Å². The van der Waals surface area contributed by atoms with E-state index in [1.54, 1.807) is 0 Å². The molecule has 0 unspecified atom stereocenters. The fourth-order valence-corrected chi connectivity index (χ4v) is 2.81. The number of rotatable bonds is 6. The van der Waals surface area contributed by atoms with Crippen molar-refractivity contribution in [2.75, 3.05) is 32.8 Å². The molecule has 0 aromatic heterocycles. The van der Waals surface area contributed by atoms with Gasteiger partial charge in [-0.25, -0.2) is 0 Å². The molecule has 0 spiro atoms. The predicted molar refractivity (Wildman–Crippen MR) is 95.6 cm³/mol. The summed E-state index contributed by atoms with van der Waals surface area (Å²) in [5.41, 5.74) is 0.367. The normalized spacial score (nSPS) is 17.3. The van der Waals surface area contributed by atoms with Gasteiger partial charge in [0.1, 0.15) is 0 Å². The molecule has 0 aliphatic carbocycles. The van der Waals surface area contributed by atoms with Crippen LogP contribution in [0.25, 0.3) is 0 Å². The number of ether oxygens (including phenoxy) is 1. The number of hydrogen-bond donors (Lipinski definition) is 1. The second-order valence-electron chi connectivity index (χ2n) is 7.41. The molecule has 0 aromatic rings. The van der Waals surface area contributed by atoms with E-state index in [0.29, 0.717) is 12.0 Å². The van der Waals surface area contributed by atoms with E-state index in [-0.39, 0.29) is 11.9 Å². The van der Waals surface area contributed by atoms with Crippen LogP contribution in [-0.4, -0.2) is 49.6 Å². The van der Waals surface area contributed by atoms with E-state index >= 15 is 0 Å². The lowest BCUT2D eigenvalue weighted by atomic mass is 9.91. The molecule has 23 heavy (non-hydrogen) atoms. The molecule has 1 aliphatic rings. The summed E-state index contributed by atoms with van der Waals surface area (Å²) in [7, 11) is 0. The SMILES string of the molecule is CCNC(=NCCCC(C)(C)C)N1CCC(C(=O)OCC)CC1. The number of esters is 1. The minimum absolute atomic E-state index is 0.0423. The van der Waals surface area contributed by atoms with Crippen molar-refractivity contribution in [2.45, 2.75) is 60.3 Å². The van der Waals surface area contributed by atoms with Gasteiger partial charge in [0.25, 0.3) is 0 Å². The Morgan fingerprint density at radius 1 is 1.26 bits per heavy atom. The summed E-state index contributed by atoms with van der Waals surface area (Å²) in [6, 6.07) is 0. The van der Waals surface area contributed by atoms with Gasteiger partial charge in [-0.3, -0.25) is 9.79 Å². The van der Waals surface area contributed by atoms with Crippen molar-refractivity contribution in [3.8, 4) is 0 Å². The average molecular weight is 325 g/mol. The number of piperidine rings is 1. The Morgan fingerprint density at radius 3 is 2.43 bits per heavy atom. The minimum Gasteiger partial charge on any atom is -0.466 e. The highest BCUT2D eigenvalue weighted by molar-refractivity contribution is 5.80. The summed E-state index contributed by atoms with van der Waals surface area (Å²) >= 11 is 0. The van der Waals surface area contributed by atoms with Crippen LogP contribution in [0.5, 0.6) is 0 Å². The highest BCUT2D eigenvalue weighted by atomic mass is 16.5. The summed E-state index contributed by atoms with van der Waals surface area (Å²) < 4.78 is 5.13. The van der Waals surface area contributed by atoms with E-state index in [1.165, 1.54) is 6.42 Å². The predicted octanol–water partition coefficient (Wildman–Crippen LogP) is 3.05. The number of carbonyl (C=O) groups excluding carboxylic acids is 1. The van der Waals surface area contributed by atoms with Gasteiger partial charge in [-0.1, -0.05) is 20.8 Å². The molecule has 134 valence electrons. The maximum atomic E-state index is 11.8. The van der Waals surface area contributed by atoms with Crippen molar-refractivity contribution in [3.05, 3.63) is 0 Å². The van der Waals surface area contributed by atoms with E-state index in [0.717, 1.165) is 51.4 Å². The molecular formula is C18H35N3O2. The molecule has 5 nitrogen and oxygen atoms in total. The molecule has 0 aromatic carbocycles. The van der Waals surface area contributed by atoms with Crippen LogP contribution in [-0.2, 0) is 9.53 Å². The number of aliphatic imine (C=N–C) groups is 1. The second-order valence-corrected chi connectivity index (χ2v) is 7.41. The summed E-state index contributed by atoms with van der Waals surface area (Å²) in [6.07, 6.45) is 4.00. The summed E-state index contributed by atoms with van der Waals surface area (Å²) in [5.74, 6) is 0.998. The van der Waals surface area contributed by atoms with Gasteiger partial charge in [-0.15, -0.1) is 0 Å². The standard InChI is InChI=1S/C18H35N3O2/c1-6-19-17(20-12-8-11-18(3,4)5)21-13-9-15(10-14-21)16(22)23-7-2/h15H,6-14H2,1-5H3,(H,19,20). The van der Waals surface area contributed by atoms with Crippen LogP contribution in [0, 0.1) is 11.3 Å². The largest absolute Gasteiger partial charge is 0.466 e. The molecule has 0 bridgehead atoms. The Bertz CT molecular complexity index is 380. The topological polar surface area (TPSA) is 53.9 Å². The monoisotopic (exact) mass is 325 g/mol. The van der Waals surface area contributed by atoms with Crippen molar-refractivity contribution in [2.24, 2.45) is 16.3 Å². The fraction of sp³-hybridized carbons (Fsp3) is 0.889. The number of carbonyl (C=O) groups is 1. The van der Waals surface area contributed by atoms with Crippen LogP contribution in [0.2, 0.25) is 0 Å². The third kappa shape index (κ3) is 7.71. The summed E-state index contributed by atoms with van der Waals surface area (Å²) in [4.78, 5) is 18.9. The molecule has 0 saturated carbocycles. The highest BCUT2D eigenvalue weighted by Gasteiger charge is 2.27. The number of nitrogens with zero attached hydrogens (tertiary/aromatic N) is 2. The van der Waals surface area contributed by atoms with Crippen LogP contribution < -0.4 is 5.32 Å².